The highest BCUT2D eigenvalue weighted by Crippen LogP contribution is 2.34. The number of para-hydroxylation sites is 1. The lowest BCUT2D eigenvalue weighted by Gasteiger charge is -2.09. The van der Waals surface area contributed by atoms with Crippen molar-refractivity contribution in [1.29, 1.82) is 0 Å². The van der Waals surface area contributed by atoms with Crippen LogP contribution in [-0.4, -0.2) is 15.1 Å². The number of aliphatic hydroxyl groups excluding tert-OH is 1. The quantitative estimate of drug-likeness (QED) is 0.760. The number of aliphatic hydroxyl groups is 1. The Bertz CT molecular complexity index is 867. The van der Waals surface area contributed by atoms with Gasteiger partial charge in [0.1, 0.15) is 5.82 Å². The van der Waals surface area contributed by atoms with Crippen LogP contribution < -0.4 is 5.56 Å². The molecule has 1 heterocycles. The van der Waals surface area contributed by atoms with E-state index in [0.29, 0.717) is 37.9 Å². The lowest BCUT2D eigenvalue weighted by Crippen LogP contribution is -2.09. The predicted molar refractivity (Wildman–Crippen MR) is 83.7 cm³/mol. The van der Waals surface area contributed by atoms with Crippen LogP contribution >= 0.6 is 23.2 Å². The molecule has 0 unspecified atom stereocenters. The van der Waals surface area contributed by atoms with Gasteiger partial charge in [-0.1, -0.05) is 35.3 Å². The highest BCUT2D eigenvalue weighted by Gasteiger charge is 2.14. The fourth-order valence-corrected chi connectivity index (χ4v) is 2.86. The van der Waals surface area contributed by atoms with Crippen molar-refractivity contribution in [3.63, 3.8) is 0 Å². The Balaban J connectivity index is 2.28. The normalized spacial score (nSPS) is 11.0. The first-order chi connectivity index (χ1) is 10.1. The van der Waals surface area contributed by atoms with Crippen molar-refractivity contribution < 1.29 is 5.11 Å². The number of aromatic nitrogens is 2. The summed E-state index contributed by atoms with van der Waals surface area (Å²) in [4.78, 5) is 19.2. The van der Waals surface area contributed by atoms with E-state index in [4.69, 9.17) is 28.3 Å². The molecule has 21 heavy (non-hydrogen) atoms. The molecule has 0 fully saturated rings. The van der Waals surface area contributed by atoms with Crippen LogP contribution in [0, 0.1) is 0 Å². The predicted octanol–water partition coefficient (Wildman–Crippen LogP) is 3.39. The van der Waals surface area contributed by atoms with Crippen molar-refractivity contribution in [2.45, 2.75) is 6.61 Å². The maximum Gasteiger partial charge on any atom is 0.259 e. The van der Waals surface area contributed by atoms with E-state index in [0.717, 1.165) is 0 Å². The molecule has 6 heteroatoms. The molecule has 4 nitrogen and oxygen atoms in total. The maximum atomic E-state index is 12.1. The standard InChI is InChI=1S/C15H10Cl2N2O2/c16-10-5-8(7-20)6-11(17)13(10)14-18-12-4-2-1-3-9(12)15(21)19-14/h1-6,20H,7H2,(H,18,19,21). The Morgan fingerprint density at radius 3 is 2.48 bits per heavy atom. The van der Waals surface area contributed by atoms with Crippen LogP contribution in [0.4, 0.5) is 0 Å². The van der Waals surface area contributed by atoms with Crippen LogP contribution in [0.1, 0.15) is 5.56 Å². The molecule has 2 aromatic carbocycles. The lowest BCUT2D eigenvalue weighted by atomic mass is 10.1. The number of benzene rings is 2. The van der Waals surface area contributed by atoms with Crippen LogP contribution in [0.25, 0.3) is 22.3 Å². The number of halogens is 2. The van der Waals surface area contributed by atoms with Gasteiger partial charge in [-0.2, -0.15) is 0 Å². The molecule has 0 atom stereocenters. The van der Waals surface area contributed by atoms with E-state index in [9.17, 15) is 4.79 Å². The summed E-state index contributed by atoms with van der Waals surface area (Å²) in [5.74, 6) is 0.304. The fourth-order valence-electron chi connectivity index (χ4n) is 2.15. The SMILES string of the molecule is O=c1[nH]c(-c2c(Cl)cc(CO)cc2Cl)nc2ccccc12. The molecule has 3 rings (SSSR count). The molecule has 1 aromatic heterocycles. The van der Waals surface area contributed by atoms with E-state index < -0.39 is 0 Å². The minimum Gasteiger partial charge on any atom is -0.392 e. The van der Waals surface area contributed by atoms with Crippen molar-refractivity contribution in [3.8, 4) is 11.4 Å². The molecular formula is C15H10Cl2N2O2. The number of nitrogens with zero attached hydrogens (tertiary/aromatic N) is 1. The monoisotopic (exact) mass is 320 g/mol. The number of aromatic amines is 1. The van der Waals surface area contributed by atoms with Crippen LogP contribution in [0.15, 0.2) is 41.2 Å². The number of rotatable bonds is 2. The second-order valence-corrected chi connectivity index (χ2v) is 5.34. The zero-order valence-corrected chi connectivity index (χ0v) is 12.2. The van der Waals surface area contributed by atoms with Gasteiger partial charge in [0.15, 0.2) is 0 Å². The summed E-state index contributed by atoms with van der Waals surface area (Å²) in [6.07, 6.45) is 0. The zero-order chi connectivity index (χ0) is 15.0. The Kier molecular flexibility index (Phi) is 3.68. The number of fused-ring (bicyclic) bond motifs is 1. The van der Waals surface area contributed by atoms with Gasteiger partial charge in [0.05, 0.1) is 33.1 Å². The second kappa shape index (κ2) is 5.48. The summed E-state index contributed by atoms with van der Waals surface area (Å²) < 4.78 is 0. The summed E-state index contributed by atoms with van der Waals surface area (Å²) in [5, 5.41) is 10.3. The van der Waals surface area contributed by atoms with Crippen molar-refractivity contribution >= 4 is 34.1 Å². The van der Waals surface area contributed by atoms with E-state index in [1.165, 1.54) is 0 Å². The molecule has 0 spiro atoms. The minimum atomic E-state index is -0.256. The van der Waals surface area contributed by atoms with E-state index in [1.807, 2.05) is 0 Å². The molecule has 106 valence electrons. The first kappa shape index (κ1) is 14.1. The summed E-state index contributed by atoms with van der Waals surface area (Å²) in [5.41, 5.74) is 1.35. The molecule has 0 aliphatic carbocycles. The Morgan fingerprint density at radius 2 is 1.81 bits per heavy atom. The summed E-state index contributed by atoms with van der Waals surface area (Å²) in [6, 6.07) is 10.2. The van der Waals surface area contributed by atoms with Gasteiger partial charge in [-0.3, -0.25) is 4.79 Å². The van der Waals surface area contributed by atoms with Gasteiger partial charge >= 0.3 is 0 Å². The number of H-pyrrole nitrogens is 1. The van der Waals surface area contributed by atoms with Crippen molar-refractivity contribution in [3.05, 3.63) is 62.4 Å². The van der Waals surface area contributed by atoms with Gasteiger partial charge in [0.2, 0.25) is 0 Å². The molecule has 0 saturated carbocycles. The van der Waals surface area contributed by atoms with Gasteiger partial charge in [-0.25, -0.2) is 4.98 Å². The van der Waals surface area contributed by atoms with Crippen LogP contribution in [0.2, 0.25) is 10.0 Å². The molecule has 0 radical (unpaired) electrons. The third-order valence-electron chi connectivity index (χ3n) is 3.13. The molecule has 3 aromatic rings. The number of nitrogens with one attached hydrogen (secondary N) is 1. The van der Waals surface area contributed by atoms with E-state index in [2.05, 4.69) is 9.97 Å². The largest absolute Gasteiger partial charge is 0.392 e. The Labute approximate surface area is 130 Å². The van der Waals surface area contributed by atoms with E-state index in [1.54, 1.807) is 36.4 Å². The van der Waals surface area contributed by atoms with Gasteiger partial charge in [0.25, 0.3) is 5.56 Å². The summed E-state index contributed by atoms with van der Waals surface area (Å²) >= 11 is 12.4. The average Bonchev–Trinajstić information content (AvgIpc) is 2.46. The van der Waals surface area contributed by atoms with Gasteiger partial charge in [-0.05, 0) is 29.8 Å². The topological polar surface area (TPSA) is 66.0 Å². The van der Waals surface area contributed by atoms with E-state index in [-0.39, 0.29) is 12.2 Å². The van der Waals surface area contributed by atoms with Gasteiger partial charge in [-0.15, -0.1) is 0 Å². The first-order valence-corrected chi connectivity index (χ1v) is 6.94. The summed E-state index contributed by atoms with van der Waals surface area (Å²) in [7, 11) is 0. The van der Waals surface area contributed by atoms with E-state index >= 15 is 0 Å². The number of hydrogen-bond acceptors (Lipinski definition) is 3. The fraction of sp³-hybridized carbons (Fsp3) is 0.0667. The third-order valence-corrected chi connectivity index (χ3v) is 3.73. The molecule has 0 bridgehead atoms. The van der Waals surface area contributed by atoms with Gasteiger partial charge < -0.3 is 10.1 Å². The van der Waals surface area contributed by atoms with Crippen LogP contribution in [-0.2, 0) is 6.61 Å². The lowest BCUT2D eigenvalue weighted by molar-refractivity contribution is 0.282. The third kappa shape index (κ3) is 2.53. The summed E-state index contributed by atoms with van der Waals surface area (Å²) in [6.45, 7) is -0.165. The van der Waals surface area contributed by atoms with Crippen molar-refractivity contribution in [2.75, 3.05) is 0 Å². The second-order valence-electron chi connectivity index (χ2n) is 4.52. The minimum absolute atomic E-state index is 0.165. The molecule has 2 N–H and O–H groups in total. The maximum absolute atomic E-state index is 12.1. The zero-order valence-electron chi connectivity index (χ0n) is 10.7. The molecule has 0 amide bonds. The molecule has 0 aliphatic heterocycles. The molecular weight excluding hydrogens is 311 g/mol. The van der Waals surface area contributed by atoms with Crippen molar-refractivity contribution in [1.82, 2.24) is 9.97 Å². The highest BCUT2D eigenvalue weighted by molar-refractivity contribution is 6.39. The molecule has 0 saturated heterocycles. The highest BCUT2D eigenvalue weighted by atomic mass is 35.5. The average molecular weight is 321 g/mol. The Morgan fingerprint density at radius 1 is 1.14 bits per heavy atom. The van der Waals surface area contributed by atoms with Crippen LogP contribution in [0.5, 0.6) is 0 Å². The van der Waals surface area contributed by atoms with Crippen LogP contribution in [0.3, 0.4) is 0 Å². The molecule has 0 aliphatic rings. The van der Waals surface area contributed by atoms with Crippen molar-refractivity contribution in [2.24, 2.45) is 0 Å². The smallest absolute Gasteiger partial charge is 0.259 e. The van der Waals surface area contributed by atoms with Gasteiger partial charge in [0, 0.05) is 0 Å². The Hall–Kier alpha value is -1.88. The first-order valence-electron chi connectivity index (χ1n) is 6.18. The number of hydrogen-bond donors (Lipinski definition) is 2.